The van der Waals surface area contributed by atoms with Gasteiger partial charge in [0.2, 0.25) is 5.91 Å². The molecular weight excluding hydrogens is 386 g/mol. The monoisotopic (exact) mass is 405 g/mol. The number of carbonyl (C=O) groups is 1. The minimum Gasteiger partial charge on any atom is -0.324 e. The highest BCUT2D eigenvalue weighted by atomic mass is 32.2. The fraction of sp³-hybridized carbons (Fsp3) is 0.143. The molecule has 2 heterocycles. The molecule has 1 N–H and O–H groups in total. The largest absolute Gasteiger partial charge is 0.329 e. The van der Waals surface area contributed by atoms with Crippen LogP contribution < -0.4 is 11.0 Å². The lowest BCUT2D eigenvalue weighted by Crippen LogP contribution is -2.28. The second kappa shape index (κ2) is 7.92. The van der Waals surface area contributed by atoms with Crippen molar-refractivity contribution >= 4 is 34.4 Å². The number of carbonyl (C=O) groups excluding carboxylic acids is 1. The van der Waals surface area contributed by atoms with Crippen molar-refractivity contribution in [3.8, 4) is 0 Å². The summed E-state index contributed by atoms with van der Waals surface area (Å²) in [7, 11) is 1.70. The maximum atomic E-state index is 12.6. The van der Waals surface area contributed by atoms with Crippen LogP contribution in [0.2, 0.25) is 0 Å². The van der Waals surface area contributed by atoms with Gasteiger partial charge in [-0.3, -0.25) is 13.9 Å². The molecule has 146 valence electrons. The average Bonchev–Trinajstić information content (AvgIpc) is 2.96. The number of fused-ring (bicyclic) bond motifs is 1. The lowest BCUT2D eigenvalue weighted by molar-refractivity contribution is -0.116. The maximum Gasteiger partial charge on any atom is 0.329 e. The van der Waals surface area contributed by atoms with Gasteiger partial charge in [-0.1, -0.05) is 12.1 Å². The van der Waals surface area contributed by atoms with Gasteiger partial charge in [-0.15, -0.1) is 0 Å². The van der Waals surface area contributed by atoms with Gasteiger partial charge in [0, 0.05) is 30.0 Å². The maximum absolute atomic E-state index is 12.6. The summed E-state index contributed by atoms with van der Waals surface area (Å²) >= 11 is 1.45. The van der Waals surface area contributed by atoms with E-state index in [1.807, 2.05) is 49.4 Å². The van der Waals surface area contributed by atoms with Crippen molar-refractivity contribution < 1.29 is 4.79 Å². The van der Waals surface area contributed by atoms with Crippen molar-refractivity contribution in [1.82, 2.24) is 19.1 Å². The molecule has 0 fully saturated rings. The summed E-state index contributed by atoms with van der Waals surface area (Å²) in [5, 5.41) is 3.57. The molecule has 8 heteroatoms. The third-order valence-corrected chi connectivity index (χ3v) is 5.46. The number of benzene rings is 2. The highest BCUT2D eigenvalue weighted by Gasteiger charge is 2.14. The summed E-state index contributed by atoms with van der Waals surface area (Å²) < 4.78 is 3.03. The summed E-state index contributed by atoms with van der Waals surface area (Å²) in [6, 6.07) is 14.9. The number of hydrogen-bond acceptors (Lipinski definition) is 5. The smallest absolute Gasteiger partial charge is 0.324 e. The minimum absolute atomic E-state index is 0.0476. The number of anilines is 1. The molecule has 2 aromatic heterocycles. The summed E-state index contributed by atoms with van der Waals surface area (Å²) in [4.78, 5) is 34.5. The first-order chi connectivity index (χ1) is 14.0. The van der Waals surface area contributed by atoms with Crippen LogP contribution in [0, 0.1) is 6.92 Å². The lowest BCUT2D eigenvalue weighted by atomic mass is 10.2. The van der Waals surface area contributed by atoms with Crippen LogP contribution in [0.4, 0.5) is 5.69 Å². The molecule has 0 aliphatic carbocycles. The molecular formula is C21H19N5O2S. The van der Waals surface area contributed by atoms with Crippen molar-refractivity contribution in [2.24, 2.45) is 7.05 Å². The van der Waals surface area contributed by atoms with Crippen molar-refractivity contribution in [1.29, 1.82) is 0 Å². The van der Waals surface area contributed by atoms with Gasteiger partial charge in [0.15, 0.2) is 5.16 Å². The Hall–Kier alpha value is -3.39. The van der Waals surface area contributed by atoms with E-state index in [4.69, 9.17) is 0 Å². The molecule has 4 aromatic rings. The number of hydrogen-bond donors (Lipinski definition) is 1. The van der Waals surface area contributed by atoms with Gasteiger partial charge in [0.05, 0.1) is 11.0 Å². The van der Waals surface area contributed by atoms with Gasteiger partial charge in [-0.05, 0) is 60.6 Å². The van der Waals surface area contributed by atoms with Crippen LogP contribution in [0.1, 0.15) is 5.56 Å². The number of amides is 1. The first-order valence-corrected chi connectivity index (χ1v) is 9.84. The summed E-state index contributed by atoms with van der Waals surface area (Å²) in [6.45, 7) is 1.88. The van der Waals surface area contributed by atoms with E-state index >= 15 is 0 Å². The van der Waals surface area contributed by atoms with E-state index in [1.165, 1.54) is 16.3 Å². The molecule has 2 aromatic carbocycles. The zero-order valence-corrected chi connectivity index (χ0v) is 16.8. The number of para-hydroxylation sites is 2. The predicted molar refractivity (Wildman–Crippen MR) is 113 cm³/mol. The van der Waals surface area contributed by atoms with Gasteiger partial charge >= 0.3 is 5.69 Å². The number of imidazole rings is 1. The van der Waals surface area contributed by atoms with E-state index in [0.29, 0.717) is 10.8 Å². The molecule has 1 amide bonds. The lowest BCUT2D eigenvalue weighted by Gasteiger charge is -2.10. The molecule has 0 radical (unpaired) electrons. The molecule has 29 heavy (non-hydrogen) atoms. The normalized spacial score (nSPS) is 11.0. The predicted octanol–water partition coefficient (Wildman–Crippen LogP) is 3.23. The number of aromatic nitrogens is 4. The number of rotatable bonds is 5. The van der Waals surface area contributed by atoms with Crippen molar-refractivity contribution in [3.05, 3.63) is 77.0 Å². The van der Waals surface area contributed by atoms with Gasteiger partial charge < -0.3 is 5.32 Å². The Labute approximate surface area is 171 Å². The van der Waals surface area contributed by atoms with Crippen LogP contribution >= 0.6 is 11.8 Å². The van der Waals surface area contributed by atoms with E-state index in [2.05, 4.69) is 15.3 Å². The van der Waals surface area contributed by atoms with Crippen molar-refractivity contribution in [2.75, 3.05) is 5.32 Å². The van der Waals surface area contributed by atoms with E-state index in [0.717, 1.165) is 21.5 Å². The molecule has 0 atom stereocenters. The fourth-order valence-electron chi connectivity index (χ4n) is 3.13. The SMILES string of the molecule is Cc1cc(Sc2ncccn2)ccc1NC(=O)Cn1c(=O)n(C)c2ccccc21. The third kappa shape index (κ3) is 3.93. The van der Waals surface area contributed by atoms with E-state index in [1.54, 1.807) is 30.1 Å². The zero-order chi connectivity index (χ0) is 20.4. The zero-order valence-electron chi connectivity index (χ0n) is 16.0. The van der Waals surface area contributed by atoms with Crippen LogP contribution in [0.25, 0.3) is 11.0 Å². The van der Waals surface area contributed by atoms with Crippen LogP contribution in [-0.4, -0.2) is 25.0 Å². The fourth-order valence-corrected chi connectivity index (χ4v) is 3.94. The van der Waals surface area contributed by atoms with Gasteiger partial charge in [-0.25, -0.2) is 14.8 Å². The summed E-state index contributed by atoms with van der Waals surface area (Å²) in [5.41, 5.74) is 2.95. The van der Waals surface area contributed by atoms with Crippen LogP contribution in [-0.2, 0) is 18.4 Å². The second-order valence-electron chi connectivity index (χ2n) is 6.57. The second-order valence-corrected chi connectivity index (χ2v) is 7.62. The molecule has 0 saturated carbocycles. The quantitative estimate of drug-likeness (QED) is 0.516. The summed E-state index contributed by atoms with van der Waals surface area (Å²) in [5.74, 6) is -0.252. The average molecular weight is 405 g/mol. The first-order valence-electron chi connectivity index (χ1n) is 9.02. The van der Waals surface area contributed by atoms with Gasteiger partial charge in [0.1, 0.15) is 6.54 Å². The number of aryl methyl sites for hydroxylation is 2. The Morgan fingerprint density at radius 2 is 1.79 bits per heavy atom. The molecule has 0 spiro atoms. The van der Waals surface area contributed by atoms with Crippen molar-refractivity contribution in [3.63, 3.8) is 0 Å². The standard InChI is InChI=1S/C21H19N5O2S/c1-14-12-15(29-20-22-10-5-11-23-20)8-9-16(14)24-19(27)13-26-18-7-4-3-6-17(18)25(2)21(26)28/h3-12H,13H2,1-2H3,(H,24,27). The number of nitrogens with one attached hydrogen (secondary N) is 1. The highest BCUT2D eigenvalue weighted by Crippen LogP contribution is 2.27. The van der Waals surface area contributed by atoms with E-state index in [9.17, 15) is 9.59 Å². The molecule has 0 unspecified atom stereocenters. The number of nitrogens with zero attached hydrogens (tertiary/aromatic N) is 4. The highest BCUT2D eigenvalue weighted by molar-refractivity contribution is 7.99. The Kier molecular flexibility index (Phi) is 5.18. The molecule has 0 aliphatic heterocycles. The Morgan fingerprint density at radius 1 is 1.07 bits per heavy atom. The molecule has 7 nitrogen and oxygen atoms in total. The third-order valence-electron chi connectivity index (χ3n) is 4.58. The molecule has 4 rings (SSSR count). The molecule has 0 saturated heterocycles. The van der Waals surface area contributed by atoms with Crippen LogP contribution in [0.3, 0.4) is 0 Å². The van der Waals surface area contributed by atoms with Crippen LogP contribution in [0.5, 0.6) is 0 Å². The first kappa shape index (κ1) is 18.9. The van der Waals surface area contributed by atoms with E-state index in [-0.39, 0.29) is 18.1 Å². The molecule has 0 bridgehead atoms. The topological polar surface area (TPSA) is 81.8 Å². The van der Waals surface area contributed by atoms with E-state index < -0.39 is 0 Å². The van der Waals surface area contributed by atoms with Crippen LogP contribution in [0.15, 0.2) is 75.8 Å². The van der Waals surface area contributed by atoms with Crippen molar-refractivity contribution in [2.45, 2.75) is 23.5 Å². The Balaban J connectivity index is 1.51. The minimum atomic E-state index is -0.252. The Bertz CT molecular complexity index is 1250. The Morgan fingerprint density at radius 3 is 2.52 bits per heavy atom. The van der Waals surface area contributed by atoms with Gasteiger partial charge in [0.25, 0.3) is 0 Å². The summed E-state index contributed by atoms with van der Waals surface area (Å²) in [6.07, 6.45) is 3.40. The van der Waals surface area contributed by atoms with Gasteiger partial charge in [-0.2, -0.15) is 0 Å². The molecule has 0 aliphatic rings.